The van der Waals surface area contributed by atoms with E-state index in [0.29, 0.717) is 4.47 Å². The van der Waals surface area contributed by atoms with Gasteiger partial charge in [0, 0.05) is 6.20 Å². The number of pyridine rings is 1. The van der Waals surface area contributed by atoms with Gasteiger partial charge in [0.15, 0.2) is 0 Å². The van der Waals surface area contributed by atoms with Gasteiger partial charge in [-0.2, -0.15) is 5.26 Å². The summed E-state index contributed by atoms with van der Waals surface area (Å²) in [6.45, 7) is 0. The molecular weight excluding hydrogens is 345 g/mol. The van der Waals surface area contributed by atoms with Crippen LogP contribution in [-0.2, 0) is 0 Å². The highest BCUT2D eigenvalue weighted by molar-refractivity contribution is 9.13. The zero-order valence-corrected chi connectivity index (χ0v) is 9.94. The minimum Gasteiger partial charge on any atom is -0.386 e. The third-order valence-electron chi connectivity index (χ3n) is 1.26. The van der Waals surface area contributed by atoms with E-state index >= 15 is 0 Å². The molecule has 0 fully saturated rings. The van der Waals surface area contributed by atoms with Crippen molar-refractivity contribution in [3.8, 4) is 11.9 Å². The quantitative estimate of drug-likeness (QED) is 0.783. The second kappa shape index (κ2) is 4.37. The van der Waals surface area contributed by atoms with E-state index < -0.39 is 12.2 Å². The van der Waals surface area contributed by atoms with Gasteiger partial charge in [-0.3, -0.25) is 0 Å². The molecule has 15 heavy (non-hydrogen) atoms. The van der Waals surface area contributed by atoms with E-state index in [1.54, 1.807) is 6.07 Å². The number of alkyl halides is 3. The lowest BCUT2D eigenvalue weighted by Crippen LogP contribution is -2.18. The SMILES string of the molecule is N#Cc1c(OC(F)(F)F)ncc(Br)c1Br. The predicted octanol–water partition coefficient (Wildman–Crippen LogP) is 3.38. The summed E-state index contributed by atoms with van der Waals surface area (Å²) in [6.07, 6.45) is -3.77. The van der Waals surface area contributed by atoms with E-state index in [1.807, 2.05) is 0 Å². The van der Waals surface area contributed by atoms with Crippen LogP contribution in [-0.4, -0.2) is 11.3 Å². The van der Waals surface area contributed by atoms with Gasteiger partial charge >= 0.3 is 6.36 Å². The summed E-state index contributed by atoms with van der Waals surface area (Å²) in [7, 11) is 0. The van der Waals surface area contributed by atoms with Crippen molar-refractivity contribution < 1.29 is 17.9 Å². The first-order valence-corrected chi connectivity index (χ1v) is 4.93. The molecule has 0 atom stereocenters. The van der Waals surface area contributed by atoms with Crippen molar-refractivity contribution in [3.05, 3.63) is 20.7 Å². The lowest BCUT2D eigenvalue weighted by atomic mass is 10.3. The van der Waals surface area contributed by atoms with Gasteiger partial charge in [-0.15, -0.1) is 13.2 Å². The molecule has 80 valence electrons. The Hall–Kier alpha value is -0.810. The van der Waals surface area contributed by atoms with E-state index in [-0.39, 0.29) is 10.0 Å². The van der Waals surface area contributed by atoms with Crippen LogP contribution < -0.4 is 4.74 Å². The Morgan fingerprint density at radius 3 is 2.47 bits per heavy atom. The Balaban J connectivity index is 3.21. The van der Waals surface area contributed by atoms with Crippen LogP contribution in [0.2, 0.25) is 0 Å². The number of halogens is 5. The molecule has 0 spiro atoms. The van der Waals surface area contributed by atoms with Gasteiger partial charge in [0.2, 0.25) is 5.88 Å². The zero-order chi connectivity index (χ0) is 11.6. The molecule has 8 heteroatoms. The highest BCUT2D eigenvalue weighted by Gasteiger charge is 2.33. The van der Waals surface area contributed by atoms with Gasteiger partial charge in [-0.1, -0.05) is 0 Å². The molecule has 1 aromatic rings. The number of rotatable bonds is 1. The number of nitriles is 1. The Kier molecular flexibility index (Phi) is 3.57. The summed E-state index contributed by atoms with van der Waals surface area (Å²) in [5.41, 5.74) is -0.318. The maximum Gasteiger partial charge on any atom is 0.574 e. The molecule has 0 radical (unpaired) electrons. The molecule has 0 N–H and O–H groups in total. The Morgan fingerprint density at radius 1 is 1.40 bits per heavy atom. The summed E-state index contributed by atoms with van der Waals surface area (Å²) in [5.74, 6) is -0.778. The minimum absolute atomic E-state index is 0.166. The second-order valence-electron chi connectivity index (χ2n) is 2.26. The lowest BCUT2D eigenvalue weighted by Gasteiger charge is -2.10. The molecule has 0 saturated heterocycles. The first kappa shape index (κ1) is 12.3. The average molecular weight is 346 g/mol. The molecule has 1 aromatic heterocycles. The smallest absolute Gasteiger partial charge is 0.386 e. The third-order valence-corrected chi connectivity index (χ3v) is 3.22. The fourth-order valence-electron chi connectivity index (χ4n) is 0.734. The van der Waals surface area contributed by atoms with Gasteiger partial charge in [0.05, 0.1) is 8.95 Å². The predicted molar refractivity (Wildman–Crippen MR) is 51.0 cm³/mol. The summed E-state index contributed by atoms with van der Waals surface area (Å²) in [4.78, 5) is 3.35. The average Bonchev–Trinajstić information content (AvgIpc) is 2.10. The van der Waals surface area contributed by atoms with Crippen LogP contribution in [0.15, 0.2) is 15.1 Å². The molecule has 0 aromatic carbocycles. The van der Waals surface area contributed by atoms with Crippen molar-refractivity contribution in [2.45, 2.75) is 6.36 Å². The summed E-state index contributed by atoms with van der Waals surface area (Å²) in [6, 6.07) is 1.56. The van der Waals surface area contributed by atoms with Crippen LogP contribution in [0, 0.1) is 11.3 Å². The minimum atomic E-state index is -4.87. The Bertz CT molecular complexity index is 427. The van der Waals surface area contributed by atoms with E-state index in [4.69, 9.17) is 5.26 Å². The van der Waals surface area contributed by atoms with Crippen molar-refractivity contribution in [3.63, 3.8) is 0 Å². The van der Waals surface area contributed by atoms with Crippen molar-refractivity contribution in [1.29, 1.82) is 5.26 Å². The Labute approximate surface area is 99.1 Å². The van der Waals surface area contributed by atoms with Crippen molar-refractivity contribution in [1.82, 2.24) is 4.98 Å². The molecule has 0 unspecified atom stereocenters. The summed E-state index contributed by atoms with van der Waals surface area (Å²) < 4.78 is 39.8. The molecule has 1 rings (SSSR count). The van der Waals surface area contributed by atoms with E-state index in [0.717, 1.165) is 6.20 Å². The molecule has 0 aliphatic rings. The summed E-state index contributed by atoms with van der Waals surface area (Å²) in [5, 5.41) is 8.63. The standard InChI is InChI=1S/C7HBr2F3N2O/c8-4-2-14-6(15-7(10,11)12)3(1-13)5(4)9/h2H. The Morgan fingerprint density at radius 2 is 2.00 bits per heavy atom. The van der Waals surface area contributed by atoms with Gasteiger partial charge in [0.1, 0.15) is 11.6 Å². The van der Waals surface area contributed by atoms with Crippen LogP contribution in [0.3, 0.4) is 0 Å². The molecular formula is C7HBr2F3N2O. The maximum atomic E-state index is 11.9. The molecule has 0 amide bonds. The van der Waals surface area contributed by atoms with Crippen molar-refractivity contribution >= 4 is 31.9 Å². The molecule has 0 aliphatic carbocycles. The highest BCUT2D eigenvalue weighted by Crippen LogP contribution is 2.33. The first-order chi connectivity index (χ1) is 6.85. The van der Waals surface area contributed by atoms with E-state index in [9.17, 15) is 13.2 Å². The number of aromatic nitrogens is 1. The maximum absolute atomic E-state index is 11.9. The number of nitrogens with zero attached hydrogens (tertiary/aromatic N) is 2. The van der Waals surface area contributed by atoms with Crippen molar-refractivity contribution in [2.24, 2.45) is 0 Å². The third kappa shape index (κ3) is 3.07. The van der Waals surface area contributed by atoms with Gasteiger partial charge in [-0.05, 0) is 31.9 Å². The van der Waals surface area contributed by atoms with E-state index in [2.05, 4.69) is 41.6 Å². The van der Waals surface area contributed by atoms with Gasteiger partial charge < -0.3 is 4.74 Å². The van der Waals surface area contributed by atoms with Crippen LogP contribution in [0.4, 0.5) is 13.2 Å². The molecule has 0 saturated carbocycles. The topological polar surface area (TPSA) is 45.9 Å². The van der Waals surface area contributed by atoms with Gasteiger partial charge in [0.25, 0.3) is 0 Å². The number of hydrogen-bond acceptors (Lipinski definition) is 3. The zero-order valence-electron chi connectivity index (χ0n) is 6.77. The largest absolute Gasteiger partial charge is 0.574 e. The van der Waals surface area contributed by atoms with Crippen LogP contribution in [0.5, 0.6) is 5.88 Å². The molecule has 0 bridgehead atoms. The normalized spacial score (nSPS) is 10.9. The van der Waals surface area contributed by atoms with Crippen LogP contribution >= 0.6 is 31.9 Å². The first-order valence-electron chi connectivity index (χ1n) is 3.35. The van der Waals surface area contributed by atoms with Crippen molar-refractivity contribution in [2.75, 3.05) is 0 Å². The number of hydrogen-bond donors (Lipinski definition) is 0. The number of ether oxygens (including phenoxy) is 1. The van der Waals surface area contributed by atoms with Crippen LogP contribution in [0.25, 0.3) is 0 Å². The fourth-order valence-corrected chi connectivity index (χ4v) is 1.39. The summed E-state index contributed by atoms with van der Waals surface area (Å²) >= 11 is 5.95. The molecule has 1 heterocycles. The lowest BCUT2D eigenvalue weighted by molar-refractivity contribution is -0.276. The fraction of sp³-hybridized carbons (Fsp3) is 0.143. The highest BCUT2D eigenvalue weighted by atomic mass is 79.9. The monoisotopic (exact) mass is 344 g/mol. The molecule has 3 nitrogen and oxygen atoms in total. The molecule has 0 aliphatic heterocycles. The van der Waals surface area contributed by atoms with Crippen LogP contribution in [0.1, 0.15) is 5.56 Å². The van der Waals surface area contributed by atoms with Gasteiger partial charge in [-0.25, -0.2) is 4.98 Å². The second-order valence-corrected chi connectivity index (χ2v) is 3.91. The van der Waals surface area contributed by atoms with E-state index in [1.165, 1.54) is 0 Å².